The third kappa shape index (κ3) is 6.66. The first-order chi connectivity index (χ1) is 3.06. The van der Waals surface area contributed by atoms with Crippen LogP contribution in [0.1, 0.15) is 20.8 Å². The lowest BCUT2D eigenvalue weighted by molar-refractivity contribution is 0.168. The molecular formula is C4H10OS2. The van der Waals surface area contributed by atoms with Crippen molar-refractivity contribution in [2.75, 3.05) is 0 Å². The van der Waals surface area contributed by atoms with Crippen LogP contribution in [0.15, 0.2) is 0 Å². The van der Waals surface area contributed by atoms with Crippen LogP contribution in [0.5, 0.6) is 0 Å². The Morgan fingerprint density at radius 1 is 1.43 bits per heavy atom. The van der Waals surface area contributed by atoms with E-state index >= 15 is 0 Å². The number of rotatable bonds is 1. The molecule has 0 aliphatic carbocycles. The Morgan fingerprint density at radius 2 is 1.86 bits per heavy atom. The number of hydrogen-bond donors (Lipinski definition) is 1. The molecule has 0 aliphatic heterocycles. The normalized spacial score (nSPS) is 12.0. The molecular weight excluding hydrogens is 128 g/mol. The van der Waals surface area contributed by atoms with Gasteiger partial charge in [-0.3, -0.25) is 4.18 Å². The molecule has 0 amide bonds. The molecule has 0 aliphatic rings. The average molecular weight is 138 g/mol. The molecule has 0 N–H and O–H groups in total. The second-order valence-electron chi connectivity index (χ2n) is 2.27. The van der Waals surface area contributed by atoms with Crippen molar-refractivity contribution in [3.63, 3.8) is 0 Å². The van der Waals surface area contributed by atoms with E-state index in [1.807, 2.05) is 20.8 Å². The molecule has 0 spiro atoms. The van der Waals surface area contributed by atoms with Crippen LogP contribution in [0.25, 0.3) is 0 Å². The van der Waals surface area contributed by atoms with Crippen molar-refractivity contribution in [1.29, 1.82) is 0 Å². The summed E-state index contributed by atoms with van der Waals surface area (Å²) in [5.41, 5.74) is -0.0631. The van der Waals surface area contributed by atoms with Crippen LogP contribution in [0.2, 0.25) is 0 Å². The first kappa shape index (κ1) is 7.66. The highest BCUT2D eigenvalue weighted by Crippen LogP contribution is 2.18. The van der Waals surface area contributed by atoms with Crippen molar-refractivity contribution in [1.82, 2.24) is 0 Å². The summed E-state index contributed by atoms with van der Waals surface area (Å²) < 4.78 is 5.01. The van der Waals surface area contributed by atoms with Gasteiger partial charge in [0.15, 0.2) is 0 Å². The lowest BCUT2D eigenvalue weighted by Gasteiger charge is -2.14. The van der Waals surface area contributed by atoms with E-state index in [-0.39, 0.29) is 5.60 Å². The number of hydrogen-bond acceptors (Lipinski definition) is 3. The summed E-state index contributed by atoms with van der Waals surface area (Å²) in [6.45, 7) is 5.95. The Morgan fingerprint density at radius 3 is 1.86 bits per heavy atom. The monoisotopic (exact) mass is 138 g/mol. The van der Waals surface area contributed by atoms with Crippen LogP contribution in [0.3, 0.4) is 0 Å². The molecule has 0 radical (unpaired) electrons. The molecule has 0 heterocycles. The second-order valence-corrected chi connectivity index (χ2v) is 3.03. The topological polar surface area (TPSA) is 9.23 Å². The van der Waals surface area contributed by atoms with Crippen molar-refractivity contribution >= 4 is 22.7 Å². The van der Waals surface area contributed by atoms with Crippen LogP contribution in [0.4, 0.5) is 0 Å². The summed E-state index contributed by atoms with van der Waals surface area (Å²) >= 11 is 4.91. The molecule has 0 aromatic carbocycles. The van der Waals surface area contributed by atoms with Gasteiger partial charge in [-0.05, 0) is 20.8 Å². The highest BCUT2D eigenvalue weighted by molar-refractivity contribution is 8.66. The molecule has 1 nitrogen and oxygen atoms in total. The summed E-state index contributed by atoms with van der Waals surface area (Å²) in [7, 11) is 0. The minimum atomic E-state index is -0.0631. The number of thiol groups is 1. The van der Waals surface area contributed by atoms with Gasteiger partial charge in [0.1, 0.15) is 0 Å². The Labute approximate surface area is 53.8 Å². The molecule has 0 bridgehead atoms. The van der Waals surface area contributed by atoms with E-state index in [4.69, 9.17) is 4.18 Å². The van der Waals surface area contributed by atoms with Crippen LogP contribution in [-0.4, -0.2) is 5.60 Å². The fraction of sp³-hybridized carbons (Fsp3) is 1.00. The molecule has 0 aromatic rings. The Balaban J connectivity index is 3.15. The van der Waals surface area contributed by atoms with Gasteiger partial charge in [-0.25, -0.2) is 0 Å². The zero-order valence-electron chi connectivity index (χ0n) is 4.76. The minimum Gasteiger partial charge on any atom is -0.299 e. The molecule has 3 heteroatoms. The molecule has 0 saturated heterocycles. The van der Waals surface area contributed by atoms with E-state index in [2.05, 4.69) is 11.7 Å². The van der Waals surface area contributed by atoms with Crippen molar-refractivity contribution in [3.05, 3.63) is 0 Å². The zero-order chi connectivity index (χ0) is 5.91. The van der Waals surface area contributed by atoms with E-state index in [0.29, 0.717) is 0 Å². The Bertz CT molecular complexity index is 48.1. The van der Waals surface area contributed by atoms with E-state index < -0.39 is 0 Å². The molecule has 44 valence electrons. The maximum Gasteiger partial charge on any atom is 0.0755 e. The van der Waals surface area contributed by atoms with E-state index in [9.17, 15) is 0 Å². The second kappa shape index (κ2) is 2.84. The zero-order valence-corrected chi connectivity index (χ0v) is 6.47. The highest BCUT2D eigenvalue weighted by Gasteiger charge is 2.08. The van der Waals surface area contributed by atoms with Gasteiger partial charge in [0.2, 0.25) is 0 Å². The predicted molar refractivity (Wildman–Crippen MR) is 37.4 cm³/mol. The van der Waals surface area contributed by atoms with Crippen molar-refractivity contribution in [3.8, 4) is 0 Å². The fourth-order valence-electron chi connectivity index (χ4n) is 0.112. The summed E-state index contributed by atoms with van der Waals surface area (Å²) in [5, 5.41) is 0. The molecule has 0 rings (SSSR count). The molecule has 0 atom stereocenters. The van der Waals surface area contributed by atoms with Gasteiger partial charge in [0.25, 0.3) is 0 Å². The van der Waals surface area contributed by atoms with Crippen LogP contribution in [-0.2, 0) is 4.18 Å². The van der Waals surface area contributed by atoms with Crippen molar-refractivity contribution < 1.29 is 4.18 Å². The van der Waals surface area contributed by atoms with Gasteiger partial charge in [0, 0.05) is 0 Å². The van der Waals surface area contributed by atoms with E-state index in [1.165, 1.54) is 0 Å². The van der Waals surface area contributed by atoms with E-state index in [0.717, 1.165) is 11.1 Å². The van der Waals surface area contributed by atoms with Gasteiger partial charge in [-0.1, -0.05) is 11.7 Å². The molecule has 0 saturated carbocycles. The van der Waals surface area contributed by atoms with Gasteiger partial charge in [-0.2, -0.15) is 0 Å². The fourth-order valence-corrected chi connectivity index (χ4v) is 1.01. The highest BCUT2D eigenvalue weighted by atomic mass is 33.1. The third-order valence-corrected chi connectivity index (χ3v) is 1.09. The quantitative estimate of drug-likeness (QED) is 0.338. The Kier molecular flexibility index (Phi) is 3.11. The molecule has 0 aromatic heterocycles. The molecule has 0 unspecified atom stereocenters. The average Bonchev–Trinajstić information content (AvgIpc) is 1.30. The summed E-state index contributed by atoms with van der Waals surface area (Å²) in [6.07, 6.45) is 0. The van der Waals surface area contributed by atoms with Crippen molar-refractivity contribution in [2.45, 2.75) is 26.4 Å². The standard InChI is InChI=1S/C4H10OS2/c1-4(2,3)5-7-6/h6H,1-3H3. The lowest BCUT2D eigenvalue weighted by atomic mass is 10.2. The van der Waals surface area contributed by atoms with E-state index in [1.54, 1.807) is 0 Å². The first-order valence-electron chi connectivity index (χ1n) is 2.05. The van der Waals surface area contributed by atoms with Gasteiger partial charge in [0.05, 0.1) is 16.7 Å². The van der Waals surface area contributed by atoms with Gasteiger partial charge >= 0.3 is 0 Å². The lowest BCUT2D eigenvalue weighted by Crippen LogP contribution is -2.13. The Hall–Kier alpha value is 0.660. The summed E-state index contributed by atoms with van der Waals surface area (Å²) in [6, 6.07) is 0. The largest absolute Gasteiger partial charge is 0.299 e. The van der Waals surface area contributed by atoms with Gasteiger partial charge < -0.3 is 0 Å². The minimum absolute atomic E-state index is 0.0631. The third-order valence-electron chi connectivity index (χ3n) is 0.287. The van der Waals surface area contributed by atoms with Crippen LogP contribution >= 0.6 is 22.7 Å². The van der Waals surface area contributed by atoms with Crippen molar-refractivity contribution in [2.24, 2.45) is 0 Å². The summed E-state index contributed by atoms with van der Waals surface area (Å²) in [4.78, 5) is 0. The predicted octanol–water partition coefficient (Wildman–Crippen LogP) is 2.29. The van der Waals surface area contributed by atoms with Crippen LogP contribution < -0.4 is 0 Å². The maximum absolute atomic E-state index is 5.01. The van der Waals surface area contributed by atoms with Gasteiger partial charge in [-0.15, -0.1) is 0 Å². The SMILES string of the molecule is CC(C)(C)OSS. The smallest absolute Gasteiger partial charge is 0.0755 e. The molecule has 7 heavy (non-hydrogen) atoms. The first-order valence-corrected chi connectivity index (χ1v) is 3.85. The summed E-state index contributed by atoms with van der Waals surface area (Å²) in [5.74, 6) is 0. The van der Waals surface area contributed by atoms with Crippen LogP contribution in [0, 0.1) is 0 Å². The maximum atomic E-state index is 5.01. The molecule has 0 fully saturated rings.